The molecule has 0 saturated carbocycles. The minimum atomic E-state index is 0.647. The van der Waals surface area contributed by atoms with Gasteiger partial charge in [0.15, 0.2) is 0 Å². The van der Waals surface area contributed by atoms with Crippen molar-refractivity contribution in [3.05, 3.63) is 11.3 Å². The Labute approximate surface area is 99.5 Å². The Morgan fingerprint density at radius 1 is 1.31 bits per heavy atom. The van der Waals surface area contributed by atoms with Crippen molar-refractivity contribution < 1.29 is 0 Å². The largest absolute Gasteiger partial charge is 0.323 e. The van der Waals surface area contributed by atoms with Gasteiger partial charge in [-0.2, -0.15) is 0 Å². The predicted molar refractivity (Wildman–Crippen MR) is 67.9 cm³/mol. The third-order valence-electron chi connectivity index (χ3n) is 3.97. The van der Waals surface area contributed by atoms with Gasteiger partial charge in [-0.25, -0.2) is 5.01 Å². The second kappa shape index (κ2) is 4.38. The average molecular weight is 223 g/mol. The molecule has 1 fully saturated rings. The van der Waals surface area contributed by atoms with E-state index in [0.717, 1.165) is 6.04 Å². The maximum Gasteiger partial charge on any atom is 0.0331 e. The van der Waals surface area contributed by atoms with E-state index in [1.165, 1.54) is 25.0 Å². The summed E-state index contributed by atoms with van der Waals surface area (Å²) in [5.41, 5.74) is 6.63. The van der Waals surface area contributed by atoms with E-state index in [0.29, 0.717) is 12.0 Å². The first-order chi connectivity index (χ1) is 7.50. The second-order valence-electron chi connectivity index (χ2n) is 5.71. The Morgan fingerprint density at radius 3 is 2.56 bits per heavy atom. The molecule has 0 aliphatic carbocycles. The van der Waals surface area contributed by atoms with Crippen molar-refractivity contribution >= 4 is 0 Å². The van der Waals surface area contributed by atoms with Gasteiger partial charge in [0.05, 0.1) is 0 Å². The molecule has 1 saturated heterocycles. The van der Waals surface area contributed by atoms with Gasteiger partial charge in [-0.3, -0.25) is 4.90 Å². The molecule has 2 atom stereocenters. The van der Waals surface area contributed by atoms with Crippen LogP contribution in [0.3, 0.4) is 0 Å². The van der Waals surface area contributed by atoms with Gasteiger partial charge in [0.1, 0.15) is 0 Å². The lowest BCUT2D eigenvalue weighted by Gasteiger charge is -2.38. The molecule has 2 unspecified atom stereocenters. The maximum atomic E-state index is 3.52. The van der Waals surface area contributed by atoms with E-state index in [2.05, 4.69) is 50.3 Å². The molecule has 16 heavy (non-hydrogen) atoms. The summed E-state index contributed by atoms with van der Waals surface area (Å²) >= 11 is 0. The fourth-order valence-electron chi connectivity index (χ4n) is 3.30. The SMILES string of the molecule is CC(C)C1=C(NN(C)C)CC2CCC1N2C. The molecule has 2 aliphatic heterocycles. The Balaban J connectivity index is 2.29. The van der Waals surface area contributed by atoms with Crippen LogP contribution in [0.4, 0.5) is 0 Å². The van der Waals surface area contributed by atoms with Crippen LogP contribution >= 0.6 is 0 Å². The third-order valence-corrected chi connectivity index (χ3v) is 3.97. The van der Waals surface area contributed by atoms with E-state index >= 15 is 0 Å². The molecular formula is C13H25N3. The van der Waals surface area contributed by atoms with Crippen molar-refractivity contribution in [1.29, 1.82) is 0 Å². The van der Waals surface area contributed by atoms with Gasteiger partial charge in [0.2, 0.25) is 0 Å². The van der Waals surface area contributed by atoms with Crippen LogP contribution in [-0.4, -0.2) is 43.1 Å². The Morgan fingerprint density at radius 2 is 2.00 bits per heavy atom. The highest BCUT2D eigenvalue weighted by Crippen LogP contribution is 2.39. The Bertz CT molecular complexity index is 294. The molecule has 0 spiro atoms. The van der Waals surface area contributed by atoms with E-state index in [1.54, 1.807) is 5.57 Å². The smallest absolute Gasteiger partial charge is 0.0331 e. The summed E-state index contributed by atoms with van der Waals surface area (Å²) in [6.45, 7) is 4.64. The zero-order valence-corrected chi connectivity index (χ0v) is 11.2. The summed E-state index contributed by atoms with van der Waals surface area (Å²) in [7, 11) is 6.44. The molecular weight excluding hydrogens is 198 g/mol. The van der Waals surface area contributed by atoms with Crippen LogP contribution in [0.2, 0.25) is 0 Å². The highest BCUT2D eigenvalue weighted by molar-refractivity contribution is 5.27. The first-order valence-corrected chi connectivity index (χ1v) is 6.39. The standard InChI is InChI=1S/C13H25N3/c1-9(2)13-11(14-15(3)4)8-10-6-7-12(13)16(10)5/h9-10,12,14H,6-8H2,1-5H3. The van der Waals surface area contributed by atoms with E-state index in [1.807, 2.05) is 0 Å². The number of rotatable bonds is 3. The molecule has 2 heterocycles. The van der Waals surface area contributed by atoms with Crippen LogP contribution in [0.5, 0.6) is 0 Å². The highest BCUT2D eigenvalue weighted by atomic mass is 15.5. The first kappa shape index (κ1) is 11.9. The quantitative estimate of drug-likeness (QED) is 0.736. The van der Waals surface area contributed by atoms with Crippen LogP contribution in [0.25, 0.3) is 0 Å². The molecule has 2 rings (SSSR count). The predicted octanol–water partition coefficient (Wildman–Crippen LogP) is 1.83. The lowest BCUT2D eigenvalue weighted by atomic mass is 9.90. The fraction of sp³-hybridized carbons (Fsp3) is 0.846. The Kier molecular flexibility index (Phi) is 3.27. The van der Waals surface area contributed by atoms with Crippen LogP contribution in [0.15, 0.2) is 11.3 Å². The molecule has 1 N–H and O–H groups in total. The van der Waals surface area contributed by atoms with Crippen molar-refractivity contribution in [2.24, 2.45) is 5.92 Å². The number of hydrogen-bond donors (Lipinski definition) is 1. The number of nitrogens with zero attached hydrogens (tertiary/aromatic N) is 2. The topological polar surface area (TPSA) is 18.5 Å². The molecule has 0 aromatic heterocycles. The van der Waals surface area contributed by atoms with E-state index in [9.17, 15) is 0 Å². The molecule has 0 aromatic rings. The van der Waals surface area contributed by atoms with Gasteiger partial charge in [-0.05, 0) is 31.4 Å². The van der Waals surface area contributed by atoms with Gasteiger partial charge in [0, 0.05) is 38.3 Å². The summed E-state index contributed by atoms with van der Waals surface area (Å²) in [6, 6.07) is 1.44. The third kappa shape index (κ3) is 1.98. The maximum absolute atomic E-state index is 3.52. The van der Waals surface area contributed by atoms with E-state index in [-0.39, 0.29) is 0 Å². The summed E-state index contributed by atoms with van der Waals surface area (Å²) in [4.78, 5) is 2.58. The van der Waals surface area contributed by atoms with Crippen molar-refractivity contribution in [3.8, 4) is 0 Å². The molecule has 3 heteroatoms. The second-order valence-corrected chi connectivity index (χ2v) is 5.71. The molecule has 92 valence electrons. The monoisotopic (exact) mass is 223 g/mol. The van der Waals surface area contributed by atoms with Crippen molar-refractivity contribution in [2.75, 3.05) is 21.1 Å². The van der Waals surface area contributed by atoms with Crippen molar-refractivity contribution in [2.45, 2.75) is 45.2 Å². The minimum Gasteiger partial charge on any atom is -0.323 e. The van der Waals surface area contributed by atoms with Crippen LogP contribution < -0.4 is 5.43 Å². The molecule has 0 aromatic carbocycles. The molecule has 2 bridgehead atoms. The summed E-state index contributed by atoms with van der Waals surface area (Å²) in [5.74, 6) is 0.647. The zero-order valence-electron chi connectivity index (χ0n) is 11.2. The van der Waals surface area contributed by atoms with Gasteiger partial charge < -0.3 is 5.43 Å². The van der Waals surface area contributed by atoms with E-state index < -0.39 is 0 Å². The minimum absolute atomic E-state index is 0.647. The van der Waals surface area contributed by atoms with E-state index in [4.69, 9.17) is 0 Å². The average Bonchev–Trinajstić information content (AvgIpc) is 2.44. The van der Waals surface area contributed by atoms with Crippen LogP contribution in [0, 0.1) is 5.92 Å². The number of hydrazine groups is 1. The molecule has 2 aliphatic rings. The van der Waals surface area contributed by atoms with Gasteiger partial charge >= 0.3 is 0 Å². The number of nitrogens with one attached hydrogen (secondary N) is 1. The number of fused-ring (bicyclic) bond motifs is 2. The lowest BCUT2D eigenvalue weighted by molar-refractivity contribution is 0.211. The summed E-state index contributed by atoms with van der Waals surface area (Å²) in [5, 5.41) is 2.07. The zero-order chi connectivity index (χ0) is 11.9. The van der Waals surface area contributed by atoms with Crippen LogP contribution in [-0.2, 0) is 0 Å². The highest BCUT2D eigenvalue weighted by Gasteiger charge is 2.39. The molecule has 0 radical (unpaired) electrons. The van der Waals surface area contributed by atoms with Gasteiger partial charge in [-0.1, -0.05) is 13.8 Å². The molecule has 0 amide bonds. The Hall–Kier alpha value is -0.540. The number of hydrogen-bond acceptors (Lipinski definition) is 3. The fourth-order valence-corrected chi connectivity index (χ4v) is 3.30. The molecule has 3 nitrogen and oxygen atoms in total. The van der Waals surface area contributed by atoms with Gasteiger partial charge in [-0.15, -0.1) is 0 Å². The number of likely N-dealkylation sites (N-methyl/N-ethyl adjacent to an activating group) is 1. The normalized spacial score (nSPS) is 30.7. The van der Waals surface area contributed by atoms with Crippen molar-refractivity contribution in [3.63, 3.8) is 0 Å². The summed E-state index contributed by atoms with van der Waals surface area (Å²) in [6.07, 6.45) is 3.89. The van der Waals surface area contributed by atoms with Gasteiger partial charge in [0.25, 0.3) is 0 Å². The first-order valence-electron chi connectivity index (χ1n) is 6.39. The van der Waals surface area contributed by atoms with Crippen LogP contribution in [0.1, 0.15) is 33.1 Å². The lowest BCUT2D eigenvalue weighted by Crippen LogP contribution is -2.44. The van der Waals surface area contributed by atoms with Crippen molar-refractivity contribution in [1.82, 2.24) is 15.3 Å². The summed E-state index contributed by atoms with van der Waals surface area (Å²) < 4.78 is 0.